The Morgan fingerprint density at radius 1 is 0.816 bits per heavy atom. The highest BCUT2D eigenvalue weighted by atomic mass is 14.9. The monoisotopic (exact) mass is 521 g/mol. The highest BCUT2D eigenvalue weighted by molar-refractivity contribution is 5.23. The summed E-state index contributed by atoms with van der Waals surface area (Å²) in [6.45, 7) is 15.5. The lowest BCUT2D eigenvalue weighted by molar-refractivity contribution is 0.570. The van der Waals surface area contributed by atoms with Crippen LogP contribution in [0.2, 0.25) is 0 Å². The molecule has 0 aliphatic rings. The van der Waals surface area contributed by atoms with Crippen LogP contribution in [-0.4, -0.2) is 6.04 Å². The summed E-state index contributed by atoms with van der Waals surface area (Å²) in [7, 11) is 0. The summed E-state index contributed by atoms with van der Waals surface area (Å²) in [6.07, 6.45) is 33.4. The minimum absolute atomic E-state index is 0.339. The molecule has 1 aromatic rings. The van der Waals surface area contributed by atoms with Gasteiger partial charge in [-0.1, -0.05) is 134 Å². The van der Waals surface area contributed by atoms with Gasteiger partial charge in [-0.05, 0) is 88.2 Å². The number of rotatable bonds is 22. The number of hydrogen-bond acceptors (Lipinski definition) is 1. The summed E-state index contributed by atoms with van der Waals surface area (Å²) in [5.74, 6) is 0.851. The summed E-state index contributed by atoms with van der Waals surface area (Å²) in [5.41, 5.74) is 4.27. The highest BCUT2D eigenvalue weighted by Crippen LogP contribution is 2.16. The van der Waals surface area contributed by atoms with Crippen molar-refractivity contribution in [1.29, 1.82) is 0 Å². The quantitative estimate of drug-likeness (QED) is 0.0692. The van der Waals surface area contributed by atoms with E-state index >= 15 is 0 Å². The zero-order valence-electron chi connectivity index (χ0n) is 26.1. The van der Waals surface area contributed by atoms with Crippen molar-refractivity contribution in [2.75, 3.05) is 0 Å². The topological polar surface area (TPSA) is 12.0 Å². The van der Waals surface area contributed by atoms with Crippen LogP contribution in [-0.2, 0) is 12.8 Å². The Hall–Kier alpha value is -1.94. The molecule has 1 heteroatoms. The van der Waals surface area contributed by atoms with Crippen LogP contribution in [0.1, 0.15) is 148 Å². The molecule has 0 saturated heterocycles. The number of hydrogen-bond donors (Lipinski definition) is 1. The van der Waals surface area contributed by atoms with E-state index in [1.165, 1.54) is 126 Å². The van der Waals surface area contributed by atoms with Crippen LogP contribution < -0.4 is 5.32 Å². The van der Waals surface area contributed by atoms with Crippen LogP contribution in [0.3, 0.4) is 0 Å². The average Bonchev–Trinajstić information content (AvgIpc) is 2.92. The maximum atomic E-state index is 5.20. The summed E-state index contributed by atoms with van der Waals surface area (Å²) in [4.78, 5) is 0. The number of benzene rings is 1. The van der Waals surface area contributed by atoms with Crippen LogP contribution in [0.25, 0.3) is 0 Å². The molecule has 216 valence electrons. The van der Waals surface area contributed by atoms with Gasteiger partial charge in [0.25, 0.3) is 0 Å². The lowest BCUT2D eigenvalue weighted by atomic mass is 10.0. The number of aryl methyl sites for hydroxylation is 1. The molecule has 1 aromatic carbocycles. The molecule has 2 atom stereocenters. The lowest BCUT2D eigenvalue weighted by Crippen LogP contribution is -2.22. The minimum Gasteiger partial charge on any atom is -0.343 e. The number of allylic oxidation sites excluding steroid dienone is 3. The Balaban J connectivity index is 0.000000755. The van der Waals surface area contributed by atoms with Gasteiger partial charge in [0.1, 0.15) is 0 Å². The molecule has 0 fully saturated rings. The predicted molar refractivity (Wildman–Crippen MR) is 174 cm³/mol. The van der Waals surface area contributed by atoms with Crippen molar-refractivity contribution < 1.29 is 0 Å². The van der Waals surface area contributed by atoms with Gasteiger partial charge in [0.15, 0.2) is 0 Å². The van der Waals surface area contributed by atoms with E-state index in [4.69, 9.17) is 6.42 Å². The minimum atomic E-state index is 0.339. The molecule has 0 saturated carbocycles. The first kappa shape index (κ1) is 36.1. The maximum Gasteiger partial charge on any atom is 0.0352 e. The fourth-order valence-electron chi connectivity index (χ4n) is 4.48. The van der Waals surface area contributed by atoms with Gasteiger partial charge in [0.2, 0.25) is 0 Å². The van der Waals surface area contributed by atoms with Gasteiger partial charge in [0.05, 0.1) is 0 Å². The van der Waals surface area contributed by atoms with Gasteiger partial charge in [0, 0.05) is 12.1 Å². The molecule has 0 amide bonds. The number of unbranched alkanes of at least 4 members (excludes halogenated alkanes) is 9. The first-order chi connectivity index (χ1) is 18.5. The van der Waals surface area contributed by atoms with E-state index in [9.17, 15) is 0 Å². The molecule has 0 aliphatic carbocycles. The summed E-state index contributed by atoms with van der Waals surface area (Å²) >= 11 is 0. The molecule has 38 heavy (non-hydrogen) atoms. The highest BCUT2D eigenvalue weighted by Gasteiger charge is 2.01. The third-order valence-corrected chi connectivity index (χ3v) is 7.40. The van der Waals surface area contributed by atoms with Crippen LogP contribution in [0.15, 0.2) is 48.6 Å². The fourth-order valence-corrected chi connectivity index (χ4v) is 4.48. The van der Waals surface area contributed by atoms with E-state index < -0.39 is 0 Å². The van der Waals surface area contributed by atoms with E-state index in [1.54, 1.807) is 0 Å². The van der Waals surface area contributed by atoms with Crippen molar-refractivity contribution in [1.82, 2.24) is 5.32 Å². The molecule has 0 aliphatic heterocycles. The molecule has 1 rings (SSSR count). The molecule has 0 bridgehead atoms. The van der Waals surface area contributed by atoms with Gasteiger partial charge in [-0.25, -0.2) is 0 Å². The van der Waals surface area contributed by atoms with Crippen LogP contribution >= 0.6 is 0 Å². The second kappa shape index (κ2) is 26.7. The molecule has 1 N–H and O–H groups in total. The van der Waals surface area contributed by atoms with Crippen LogP contribution in [0.5, 0.6) is 0 Å². The molecular weight excluding hydrogens is 458 g/mol. The Morgan fingerprint density at radius 2 is 1.39 bits per heavy atom. The van der Waals surface area contributed by atoms with Gasteiger partial charge >= 0.3 is 0 Å². The van der Waals surface area contributed by atoms with E-state index in [2.05, 4.69) is 89.0 Å². The molecule has 0 aromatic heterocycles. The van der Waals surface area contributed by atoms with Crippen molar-refractivity contribution >= 4 is 0 Å². The van der Waals surface area contributed by atoms with Crippen molar-refractivity contribution in [2.45, 2.75) is 156 Å². The van der Waals surface area contributed by atoms with E-state index in [1.807, 2.05) is 0 Å². The van der Waals surface area contributed by atoms with Gasteiger partial charge in [-0.2, -0.15) is 0 Å². The lowest BCUT2D eigenvalue weighted by Gasteiger charge is -2.10. The van der Waals surface area contributed by atoms with Crippen molar-refractivity contribution in [2.24, 2.45) is 5.92 Å². The van der Waals surface area contributed by atoms with Crippen molar-refractivity contribution in [3.63, 3.8) is 0 Å². The van der Waals surface area contributed by atoms with E-state index in [-0.39, 0.29) is 0 Å². The third kappa shape index (κ3) is 23.2. The van der Waals surface area contributed by atoms with Crippen molar-refractivity contribution in [3.8, 4) is 12.5 Å². The van der Waals surface area contributed by atoms with E-state index in [0.29, 0.717) is 6.04 Å². The Morgan fingerprint density at radius 3 is 1.97 bits per heavy atom. The smallest absolute Gasteiger partial charge is 0.0352 e. The number of terminal acetylenes is 1. The first-order valence-electron chi connectivity index (χ1n) is 16.1. The SMILES string of the molecule is C#CNC(C)Cc1ccc(CCCC)cc1.C=C(CCCCCCC)CCCCCC/C=C/CC(C)CC. The molecule has 1 nitrogen and oxygen atoms in total. The first-order valence-corrected chi connectivity index (χ1v) is 16.1. The predicted octanol–water partition coefficient (Wildman–Crippen LogP) is 11.4. The largest absolute Gasteiger partial charge is 0.343 e. The van der Waals surface area contributed by atoms with Gasteiger partial charge < -0.3 is 5.32 Å². The Kier molecular flexibility index (Phi) is 25.3. The van der Waals surface area contributed by atoms with Crippen LogP contribution in [0.4, 0.5) is 0 Å². The second-order valence-corrected chi connectivity index (χ2v) is 11.4. The van der Waals surface area contributed by atoms with Crippen LogP contribution in [0, 0.1) is 18.4 Å². The summed E-state index contributed by atoms with van der Waals surface area (Å²) in [5, 5.41) is 2.97. The molecule has 2 unspecified atom stereocenters. The average molecular weight is 522 g/mol. The Labute approximate surface area is 239 Å². The van der Waals surface area contributed by atoms with Gasteiger partial charge in [-0.15, -0.1) is 0 Å². The standard InChI is InChI=1S/C22H42.C15H21N/c1-5-7-8-12-16-19-22(4)20-17-14-11-9-10-13-15-18-21(3)6-2;1-4-6-7-14-8-10-15(11-9-14)12-13(3)16-5-2/h13,15,21H,4-12,14,16-20H2,1-3H3;2,8-11,13,16H,4,6-7,12H2,1,3H3/b15-13+;. The van der Waals surface area contributed by atoms with Crippen molar-refractivity contribution in [3.05, 3.63) is 59.7 Å². The van der Waals surface area contributed by atoms with Gasteiger partial charge in [-0.3, -0.25) is 0 Å². The number of nitrogens with one attached hydrogen (secondary N) is 1. The zero-order chi connectivity index (χ0) is 28.3. The molecule has 0 radical (unpaired) electrons. The maximum absolute atomic E-state index is 5.20. The fraction of sp³-hybridized carbons (Fsp3) is 0.676. The Bertz CT molecular complexity index is 720. The molecule has 0 heterocycles. The summed E-state index contributed by atoms with van der Waals surface area (Å²) < 4.78 is 0. The summed E-state index contributed by atoms with van der Waals surface area (Å²) in [6, 6.07) is 11.7. The third-order valence-electron chi connectivity index (χ3n) is 7.40. The molecule has 0 spiro atoms. The zero-order valence-corrected chi connectivity index (χ0v) is 26.1. The van der Waals surface area contributed by atoms with E-state index in [0.717, 1.165) is 12.3 Å². The second-order valence-electron chi connectivity index (χ2n) is 11.4. The normalized spacial score (nSPS) is 12.4. The molecular formula is C37H63N.